The number of carbonyl (C=O) groups is 1. The third-order valence-electron chi connectivity index (χ3n) is 4.34. The fraction of sp³-hybridized carbons (Fsp3) is 0.471. The van der Waals surface area contributed by atoms with Crippen molar-refractivity contribution >= 4 is 5.91 Å². The first-order chi connectivity index (χ1) is 11.6. The Morgan fingerprint density at radius 3 is 2.75 bits per heavy atom. The van der Waals surface area contributed by atoms with Crippen LogP contribution in [0.2, 0.25) is 0 Å². The van der Waals surface area contributed by atoms with Crippen LogP contribution in [0.25, 0.3) is 0 Å². The summed E-state index contributed by atoms with van der Waals surface area (Å²) in [6, 6.07) is 6.11. The van der Waals surface area contributed by atoms with Crippen molar-refractivity contribution in [1.82, 2.24) is 19.7 Å². The molecule has 1 aliphatic heterocycles. The van der Waals surface area contributed by atoms with E-state index in [1.165, 1.54) is 12.1 Å². The fourth-order valence-electron chi connectivity index (χ4n) is 3.07. The monoisotopic (exact) mass is 332 g/mol. The topological polar surface area (TPSA) is 60.3 Å². The molecular formula is C17H21FN4O2. The largest absolute Gasteiger partial charge is 0.377 e. The third-order valence-corrected chi connectivity index (χ3v) is 4.34. The minimum absolute atomic E-state index is 0.0405. The quantitative estimate of drug-likeness (QED) is 0.853. The van der Waals surface area contributed by atoms with E-state index in [4.69, 9.17) is 4.74 Å². The minimum atomic E-state index is -0.294. The summed E-state index contributed by atoms with van der Waals surface area (Å²) < 4.78 is 20.2. The molecule has 3 rings (SSSR count). The summed E-state index contributed by atoms with van der Waals surface area (Å²) in [4.78, 5) is 14.5. The van der Waals surface area contributed by atoms with E-state index in [1.807, 2.05) is 16.4 Å². The Balaban J connectivity index is 1.71. The normalized spacial score (nSPS) is 17.5. The number of benzene rings is 1. The Morgan fingerprint density at radius 2 is 2.04 bits per heavy atom. The Bertz CT molecular complexity index is 714. The maximum Gasteiger partial charge on any atom is 0.227 e. The van der Waals surface area contributed by atoms with Crippen molar-refractivity contribution in [2.24, 2.45) is 0 Å². The summed E-state index contributed by atoms with van der Waals surface area (Å²) in [6.07, 6.45) is 0.933. The van der Waals surface area contributed by atoms with Crippen LogP contribution in [-0.2, 0) is 35.5 Å². The summed E-state index contributed by atoms with van der Waals surface area (Å²) >= 11 is 0. The van der Waals surface area contributed by atoms with Crippen molar-refractivity contribution in [3.63, 3.8) is 0 Å². The maximum absolute atomic E-state index is 13.0. The molecule has 2 heterocycles. The van der Waals surface area contributed by atoms with Gasteiger partial charge in [0.05, 0.1) is 6.42 Å². The highest BCUT2D eigenvalue weighted by molar-refractivity contribution is 5.79. The number of carbonyl (C=O) groups excluding carboxylic acids is 1. The van der Waals surface area contributed by atoms with E-state index < -0.39 is 0 Å². The van der Waals surface area contributed by atoms with Gasteiger partial charge in [0, 0.05) is 32.7 Å². The van der Waals surface area contributed by atoms with E-state index in [0.29, 0.717) is 26.1 Å². The van der Waals surface area contributed by atoms with E-state index in [0.717, 1.165) is 17.2 Å². The summed E-state index contributed by atoms with van der Waals surface area (Å²) in [6.45, 7) is 3.68. The van der Waals surface area contributed by atoms with Gasteiger partial charge >= 0.3 is 0 Å². The summed E-state index contributed by atoms with van der Waals surface area (Å²) in [5.74, 6) is 1.42. The fourth-order valence-corrected chi connectivity index (χ4v) is 3.07. The van der Waals surface area contributed by atoms with Gasteiger partial charge in [-0.1, -0.05) is 12.1 Å². The van der Waals surface area contributed by atoms with Gasteiger partial charge in [-0.3, -0.25) is 4.79 Å². The van der Waals surface area contributed by atoms with Gasteiger partial charge in [-0.25, -0.2) is 4.39 Å². The molecular weight excluding hydrogens is 311 g/mol. The van der Waals surface area contributed by atoms with Crippen molar-refractivity contribution in [2.45, 2.75) is 39.0 Å². The molecule has 0 N–H and O–H groups in total. The van der Waals surface area contributed by atoms with Crippen LogP contribution in [0.3, 0.4) is 0 Å². The van der Waals surface area contributed by atoms with Gasteiger partial charge < -0.3 is 14.2 Å². The first-order valence-corrected chi connectivity index (χ1v) is 8.02. The second kappa shape index (κ2) is 7.09. The summed E-state index contributed by atoms with van der Waals surface area (Å²) in [5.41, 5.74) is 0.817. The maximum atomic E-state index is 13.0. The van der Waals surface area contributed by atoms with Crippen LogP contribution in [0.15, 0.2) is 24.3 Å². The number of amides is 1. The molecule has 24 heavy (non-hydrogen) atoms. The molecule has 1 aliphatic rings. The van der Waals surface area contributed by atoms with E-state index in [2.05, 4.69) is 10.2 Å². The van der Waals surface area contributed by atoms with Crippen molar-refractivity contribution < 1.29 is 13.9 Å². The molecule has 0 bridgehead atoms. The lowest BCUT2D eigenvalue weighted by molar-refractivity contribution is -0.132. The smallest absolute Gasteiger partial charge is 0.227 e. The van der Waals surface area contributed by atoms with E-state index in [1.54, 1.807) is 19.2 Å². The molecule has 1 atom stereocenters. The number of hydrogen-bond donors (Lipinski definition) is 0. The Labute approximate surface area is 140 Å². The van der Waals surface area contributed by atoms with Gasteiger partial charge in [0.25, 0.3) is 0 Å². The molecule has 2 aromatic rings. The first-order valence-electron chi connectivity index (χ1n) is 8.02. The van der Waals surface area contributed by atoms with Crippen molar-refractivity contribution in [3.05, 3.63) is 47.3 Å². The Hall–Kier alpha value is -2.28. The van der Waals surface area contributed by atoms with Crippen molar-refractivity contribution in [2.75, 3.05) is 13.7 Å². The molecule has 6 nitrogen and oxygen atoms in total. The van der Waals surface area contributed by atoms with Gasteiger partial charge in [0.2, 0.25) is 5.91 Å². The molecule has 128 valence electrons. The molecule has 0 radical (unpaired) electrons. The number of halogens is 1. The predicted octanol–water partition coefficient (Wildman–Crippen LogP) is 1.58. The molecule has 0 unspecified atom stereocenters. The van der Waals surface area contributed by atoms with Crippen LogP contribution in [0.5, 0.6) is 0 Å². The Morgan fingerprint density at radius 1 is 1.29 bits per heavy atom. The SMILES string of the molecule is COCc1nnc2n1CCN(C(=O)Cc1ccc(F)cc1)[C@@H](C)C2. The summed E-state index contributed by atoms with van der Waals surface area (Å²) in [5, 5.41) is 8.39. The predicted molar refractivity (Wildman–Crippen MR) is 85.7 cm³/mol. The van der Waals surface area contributed by atoms with Crippen LogP contribution in [-0.4, -0.2) is 45.3 Å². The van der Waals surface area contributed by atoms with Crippen LogP contribution < -0.4 is 0 Å². The molecule has 0 saturated carbocycles. The molecule has 0 saturated heterocycles. The Kier molecular flexibility index (Phi) is 4.89. The summed E-state index contributed by atoms with van der Waals surface area (Å²) in [7, 11) is 1.62. The molecule has 7 heteroatoms. The second-order valence-corrected chi connectivity index (χ2v) is 6.06. The average Bonchev–Trinajstić information content (AvgIpc) is 2.83. The highest BCUT2D eigenvalue weighted by Gasteiger charge is 2.27. The zero-order valence-corrected chi connectivity index (χ0v) is 13.9. The molecule has 1 aromatic heterocycles. The lowest BCUT2D eigenvalue weighted by Crippen LogP contribution is -2.41. The van der Waals surface area contributed by atoms with E-state index >= 15 is 0 Å². The minimum Gasteiger partial charge on any atom is -0.377 e. The van der Waals surface area contributed by atoms with Crippen LogP contribution >= 0.6 is 0 Å². The van der Waals surface area contributed by atoms with Gasteiger partial charge in [-0.2, -0.15) is 0 Å². The number of hydrogen-bond acceptors (Lipinski definition) is 4. The third kappa shape index (κ3) is 3.46. The highest BCUT2D eigenvalue weighted by Crippen LogP contribution is 2.16. The molecule has 1 amide bonds. The standard InChI is InChI=1S/C17H21FN4O2/c1-12-9-15-19-20-16(11-24-2)22(15)8-7-21(12)17(23)10-13-3-5-14(18)6-4-13/h3-6,12H,7-11H2,1-2H3/t12-/m0/s1. The molecule has 1 aromatic carbocycles. The van der Waals surface area contributed by atoms with Crippen molar-refractivity contribution in [1.29, 1.82) is 0 Å². The molecule has 0 fully saturated rings. The van der Waals surface area contributed by atoms with Crippen LogP contribution in [0, 0.1) is 5.82 Å². The lowest BCUT2D eigenvalue weighted by atomic mass is 10.1. The van der Waals surface area contributed by atoms with Gasteiger partial charge in [0.1, 0.15) is 18.2 Å². The number of nitrogens with zero attached hydrogens (tertiary/aromatic N) is 4. The number of ether oxygens (including phenoxy) is 1. The second-order valence-electron chi connectivity index (χ2n) is 6.06. The first kappa shape index (κ1) is 16.6. The van der Waals surface area contributed by atoms with E-state index in [-0.39, 0.29) is 24.2 Å². The lowest BCUT2D eigenvalue weighted by Gasteiger charge is -2.26. The van der Waals surface area contributed by atoms with Crippen molar-refractivity contribution in [3.8, 4) is 0 Å². The number of rotatable bonds is 4. The highest BCUT2D eigenvalue weighted by atomic mass is 19.1. The van der Waals surface area contributed by atoms with Gasteiger partial charge in [0.15, 0.2) is 5.82 Å². The average molecular weight is 332 g/mol. The molecule has 0 spiro atoms. The number of fused-ring (bicyclic) bond motifs is 1. The zero-order chi connectivity index (χ0) is 17.1. The zero-order valence-electron chi connectivity index (χ0n) is 13.9. The number of aromatic nitrogens is 3. The van der Waals surface area contributed by atoms with E-state index in [9.17, 15) is 9.18 Å². The number of methoxy groups -OCH3 is 1. The molecule has 0 aliphatic carbocycles. The van der Waals surface area contributed by atoms with Gasteiger partial charge in [-0.05, 0) is 24.6 Å². The van der Waals surface area contributed by atoms with Gasteiger partial charge in [-0.15, -0.1) is 10.2 Å². The van der Waals surface area contributed by atoms with Crippen LogP contribution in [0.4, 0.5) is 4.39 Å². The van der Waals surface area contributed by atoms with Crippen LogP contribution in [0.1, 0.15) is 24.1 Å².